The van der Waals surface area contributed by atoms with Crippen molar-refractivity contribution in [2.45, 2.75) is 19.0 Å². The smallest absolute Gasteiger partial charge is 0.0800 e. The number of hydrogen-bond donors (Lipinski definition) is 0. The Morgan fingerprint density at radius 2 is 2.35 bits per heavy atom. The van der Waals surface area contributed by atoms with Crippen LogP contribution in [0.1, 0.15) is 22.7 Å². The molecule has 5 nitrogen and oxygen atoms in total. The highest BCUT2D eigenvalue weighted by Gasteiger charge is 2.27. The lowest BCUT2D eigenvalue weighted by Gasteiger charge is -2.31. The number of nitrogens with zero attached hydrogens (tertiary/aromatic N) is 4. The molecule has 0 aromatic carbocycles. The summed E-state index contributed by atoms with van der Waals surface area (Å²) in [6.45, 7) is 3.54. The van der Waals surface area contributed by atoms with Crippen molar-refractivity contribution in [2.24, 2.45) is 7.05 Å². The minimum Gasteiger partial charge on any atom is -0.384 e. The fourth-order valence-corrected chi connectivity index (χ4v) is 2.92. The van der Waals surface area contributed by atoms with Crippen LogP contribution in [0.3, 0.4) is 0 Å². The third-order valence-electron chi connectivity index (χ3n) is 3.73. The van der Waals surface area contributed by atoms with Crippen molar-refractivity contribution in [3.63, 3.8) is 0 Å². The van der Waals surface area contributed by atoms with Crippen molar-refractivity contribution in [3.8, 4) is 0 Å². The fraction of sp³-hybridized carbons (Fsp3) is 0.467. The Balaban J connectivity index is 1.79. The molecule has 5 heteroatoms. The minimum absolute atomic E-state index is 0.397. The van der Waals surface area contributed by atoms with E-state index in [0.29, 0.717) is 5.92 Å². The SMILES string of the molecule is COC[C@@H]1CN(Cc2cccnc2)Cc2nn(C)cc21. The van der Waals surface area contributed by atoms with Crippen LogP contribution in [0.2, 0.25) is 0 Å². The van der Waals surface area contributed by atoms with E-state index in [0.717, 1.165) is 26.2 Å². The normalized spacial score (nSPS) is 19.0. The standard InChI is InChI=1S/C15H20N4O/c1-18-9-14-13(11-20-2)8-19(10-15(14)17-18)7-12-4-3-5-16-6-12/h3-6,9,13H,7-8,10-11H2,1-2H3/t13-/m0/s1. The lowest BCUT2D eigenvalue weighted by Crippen LogP contribution is -2.34. The molecule has 1 atom stereocenters. The van der Waals surface area contributed by atoms with E-state index < -0.39 is 0 Å². The van der Waals surface area contributed by atoms with Crippen LogP contribution >= 0.6 is 0 Å². The van der Waals surface area contributed by atoms with Crippen molar-refractivity contribution in [3.05, 3.63) is 47.5 Å². The van der Waals surface area contributed by atoms with Gasteiger partial charge in [-0.05, 0) is 11.6 Å². The molecule has 0 aliphatic carbocycles. The molecule has 3 rings (SSSR count). The van der Waals surface area contributed by atoms with E-state index in [1.807, 2.05) is 30.2 Å². The molecular weight excluding hydrogens is 252 g/mol. The van der Waals surface area contributed by atoms with Gasteiger partial charge in [0.2, 0.25) is 0 Å². The van der Waals surface area contributed by atoms with Gasteiger partial charge in [-0.2, -0.15) is 5.10 Å². The van der Waals surface area contributed by atoms with Crippen LogP contribution in [0.15, 0.2) is 30.7 Å². The summed E-state index contributed by atoms with van der Waals surface area (Å²) in [6.07, 6.45) is 5.87. The zero-order valence-corrected chi connectivity index (χ0v) is 12.0. The van der Waals surface area contributed by atoms with Crippen LogP contribution in [0.4, 0.5) is 0 Å². The van der Waals surface area contributed by atoms with Gasteiger partial charge < -0.3 is 4.74 Å². The van der Waals surface area contributed by atoms with Crippen LogP contribution in [0.25, 0.3) is 0 Å². The number of rotatable bonds is 4. The Labute approximate surface area is 119 Å². The topological polar surface area (TPSA) is 43.2 Å². The Kier molecular flexibility index (Phi) is 3.80. The summed E-state index contributed by atoms with van der Waals surface area (Å²) in [6, 6.07) is 4.10. The molecule has 20 heavy (non-hydrogen) atoms. The summed E-state index contributed by atoms with van der Waals surface area (Å²) in [4.78, 5) is 6.60. The molecule has 0 bridgehead atoms. The van der Waals surface area contributed by atoms with E-state index in [4.69, 9.17) is 4.74 Å². The van der Waals surface area contributed by atoms with Crippen molar-refractivity contribution in [2.75, 3.05) is 20.3 Å². The maximum Gasteiger partial charge on any atom is 0.0800 e. The fourth-order valence-electron chi connectivity index (χ4n) is 2.92. The first-order chi connectivity index (χ1) is 9.76. The van der Waals surface area contributed by atoms with Crippen LogP contribution in [-0.2, 0) is 24.9 Å². The van der Waals surface area contributed by atoms with E-state index in [2.05, 4.69) is 27.2 Å². The average molecular weight is 272 g/mol. The molecule has 0 saturated heterocycles. The summed E-state index contributed by atoms with van der Waals surface area (Å²) >= 11 is 0. The van der Waals surface area contributed by atoms with Crippen LogP contribution in [0, 0.1) is 0 Å². The quantitative estimate of drug-likeness (QED) is 0.847. The van der Waals surface area contributed by atoms with E-state index in [9.17, 15) is 0 Å². The summed E-state index contributed by atoms with van der Waals surface area (Å²) in [5.74, 6) is 0.397. The summed E-state index contributed by atoms with van der Waals surface area (Å²) in [5.41, 5.74) is 3.74. The number of fused-ring (bicyclic) bond motifs is 1. The molecular formula is C15H20N4O. The highest BCUT2D eigenvalue weighted by atomic mass is 16.5. The first-order valence-corrected chi connectivity index (χ1v) is 6.89. The first kappa shape index (κ1) is 13.3. The first-order valence-electron chi connectivity index (χ1n) is 6.89. The third-order valence-corrected chi connectivity index (χ3v) is 3.73. The highest BCUT2D eigenvalue weighted by Crippen LogP contribution is 2.28. The third kappa shape index (κ3) is 2.73. The summed E-state index contributed by atoms with van der Waals surface area (Å²) in [7, 11) is 3.74. The van der Waals surface area contributed by atoms with Crippen molar-refractivity contribution in [1.82, 2.24) is 19.7 Å². The van der Waals surface area contributed by atoms with Gasteiger partial charge in [0.1, 0.15) is 0 Å². The molecule has 0 saturated carbocycles. The molecule has 1 aliphatic heterocycles. The maximum absolute atomic E-state index is 5.37. The van der Waals surface area contributed by atoms with E-state index >= 15 is 0 Å². The number of aromatic nitrogens is 3. The van der Waals surface area contributed by atoms with Gasteiger partial charge in [0.25, 0.3) is 0 Å². The number of pyridine rings is 1. The Bertz CT molecular complexity index is 567. The van der Waals surface area contributed by atoms with Gasteiger partial charge in [-0.3, -0.25) is 14.6 Å². The van der Waals surface area contributed by atoms with Gasteiger partial charge >= 0.3 is 0 Å². The lowest BCUT2D eigenvalue weighted by atomic mass is 9.95. The van der Waals surface area contributed by atoms with Crippen LogP contribution < -0.4 is 0 Å². The maximum atomic E-state index is 5.37. The lowest BCUT2D eigenvalue weighted by molar-refractivity contribution is 0.135. The Hall–Kier alpha value is -1.72. The largest absolute Gasteiger partial charge is 0.384 e. The Morgan fingerprint density at radius 1 is 1.45 bits per heavy atom. The second-order valence-corrected chi connectivity index (χ2v) is 5.39. The molecule has 3 heterocycles. The molecule has 0 N–H and O–H groups in total. The zero-order chi connectivity index (χ0) is 13.9. The number of methoxy groups -OCH3 is 1. The summed E-state index contributed by atoms with van der Waals surface area (Å²) < 4.78 is 7.27. The van der Waals surface area contributed by atoms with Crippen LogP contribution in [0.5, 0.6) is 0 Å². The minimum atomic E-state index is 0.397. The molecule has 0 fully saturated rings. The molecule has 106 valence electrons. The molecule has 1 aliphatic rings. The van der Waals surface area contributed by atoms with Gasteiger partial charge in [-0.15, -0.1) is 0 Å². The number of hydrogen-bond acceptors (Lipinski definition) is 4. The van der Waals surface area contributed by atoms with Gasteiger partial charge in [0.15, 0.2) is 0 Å². The zero-order valence-electron chi connectivity index (χ0n) is 12.0. The molecule has 2 aromatic heterocycles. The summed E-state index contributed by atoms with van der Waals surface area (Å²) in [5, 5.41) is 4.58. The van der Waals surface area contributed by atoms with Crippen molar-refractivity contribution >= 4 is 0 Å². The molecule has 0 radical (unpaired) electrons. The molecule has 0 amide bonds. The number of aryl methyl sites for hydroxylation is 1. The van der Waals surface area contributed by atoms with E-state index in [1.165, 1.54) is 16.8 Å². The van der Waals surface area contributed by atoms with Gasteiger partial charge in [0, 0.05) is 63.9 Å². The second-order valence-electron chi connectivity index (χ2n) is 5.39. The molecule has 0 spiro atoms. The van der Waals surface area contributed by atoms with Crippen molar-refractivity contribution < 1.29 is 4.74 Å². The number of ether oxygens (including phenoxy) is 1. The van der Waals surface area contributed by atoms with Gasteiger partial charge in [-0.1, -0.05) is 6.07 Å². The predicted molar refractivity (Wildman–Crippen MR) is 76.2 cm³/mol. The molecule has 2 aromatic rings. The van der Waals surface area contributed by atoms with Crippen molar-refractivity contribution in [1.29, 1.82) is 0 Å². The van der Waals surface area contributed by atoms with E-state index in [-0.39, 0.29) is 0 Å². The monoisotopic (exact) mass is 272 g/mol. The molecule has 0 unspecified atom stereocenters. The van der Waals surface area contributed by atoms with E-state index in [1.54, 1.807) is 7.11 Å². The Morgan fingerprint density at radius 3 is 3.10 bits per heavy atom. The second kappa shape index (κ2) is 5.73. The average Bonchev–Trinajstić information content (AvgIpc) is 2.81. The van der Waals surface area contributed by atoms with Crippen LogP contribution in [-0.4, -0.2) is 39.9 Å². The van der Waals surface area contributed by atoms with Gasteiger partial charge in [0.05, 0.1) is 12.3 Å². The highest BCUT2D eigenvalue weighted by molar-refractivity contribution is 5.25. The predicted octanol–water partition coefficient (Wildman–Crippen LogP) is 1.56. The van der Waals surface area contributed by atoms with Gasteiger partial charge in [-0.25, -0.2) is 0 Å².